The van der Waals surface area contributed by atoms with Crippen LogP contribution in [0.15, 0.2) is 42.6 Å². The number of rotatable bonds is 6. The van der Waals surface area contributed by atoms with Gasteiger partial charge in [0, 0.05) is 29.1 Å². The van der Waals surface area contributed by atoms with Crippen LogP contribution in [0, 0.1) is 13.8 Å². The molecule has 0 spiro atoms. The molecule has 4 nitrogen and oxygen atoms in total. The van der Waals surface area contributed by atoms with Gasteiger partial charge < -0.3 is 14.8 Å². The molecule has 0 unspecified atom stereocenters. The summed E-state index contributed by atoms with van der Waals surface area (Å²) in [7, 11) is 2.93. The summed E-state index contributed by atoms with van der Waals surface area (Å²) in [5.41, 5.74) is 3.74. The highest BCUT2D eigenvalue weighted by molar-refractivity contribution is 6.39. The lowest BCUT2D eigenvalue weighted by Crippen LogP contribution is -1.98. The third kappa shape index (κ3) is 4.53. The van der Waals surface area contributed by atoms with Gasteiger partial charge in [0.2, 0.25) is 0 Å². The predicted molar refractivity (Wildman–Crippen MR) is 122 cm³/mol. The van der Waals surface area contributed by atoms with Gasteiger partial charge in [-0.3, -0.25) is 0 Å². The van der Waals surface area contributed by atoms with E-state index in [2.05, 4.69) is 10.3 Å². The van der Waals surface area contributed by atoms with Crippen molar-refractivity contribution in [1.29, 1.82) is 0 Å². The lowest BCUT2D eigenvalue weighted by Gasteiger charge is -2.13. The highest BCUT2D eigenvalue weighted by atomic mass is 35.5. The van der Waals surface area contributed by atoms with E-state index < -0.39 is 5.83 Å². The van der Waals surface area contributed by atoms with Gasteiger partial charge in [0.25, 0.3) is 0 Å². The first-order valence-corrected chi connectivity index (χ1v) is 9.88. The topological polar surface area (TPSA) is 43.4 Å². The van der Waals surface area contributed by atoms with Gasteiger partial charge in [-0.25, -0.2) is 9.37 Å². The highest BCUT2D eigenvalue weighted by Crippen LogP contribution is 2.42. The number of aryl methyl sites for hydroxylation is 2. The van der Waals surface area contributed by atoms with Gasteiger partial charge in [-0.05, 0) is 43.2 Å². The zero-order chi connectivity index (χ0) is 21.8. The van der Waals surface area contributed by atoms with Crippen molar-refractivity contribution in [2.24, 2.45) is 0 Å². The molecule has 2 aromatic carbocycles. The number of nitrogens with zero attached hydrogens (tertiary/aromatic N) is 1. The zero-order valence-electron chi connectivity index (χ0n) is 17.0. The first-order valence-electron chi connectivity index (χ1n) is 9.12. The largest absolute Gasteiger partial charge is 0.495 e. The summed E-state index contributed by atoms with van der Waals surface area (Å²) in [5, 5.41) is 3.66. The number of aromatic nitrogens is 1. The van der Waals surface area contributed by atoms with E-state index >= 15 is 0 Å². The Morgan fingerprint density at radius 1 is 1.00 bits per heavy atom. The Bertz CT molecular complexity index is 1050. The molecule has 0 saturated carbocycles. The Morgan fingerprint density at radius 2 is 1.60 bits per heavy atom. The van der Waals surface area contributed by atoms with Crippen LogP contribution in [0.3, 0.4) is 0 Å². The fourth-order valence-electron chi connectivity index (χ4n) is 2.99. The monoisotopic (exact) mass is 446 g/mol. The van der Waals surface area contributed by atoms with Crippen LogP contribution in [0.1, 0.15) is 22.3 Å². The van der Waals surface area contributed by atoms with Crippen molar-refractivity contribution in [3.8, 4) is 11.5 Å². The minimum atomic E-state index is -0.541. The Labute approximate surface area is 185 Å². The Hall–Kier alpha value is -2.76. The van der Waals surface area contributed by atoms with E-state index in [9.17, 15) is 4.39 Å². The lowest BCUT2D eigenvalue weighted by atomic mass is 10.1. The quantitative estimate of drug-likeness (QED) is 0.433. The van der Waals surface area contributed by atoms with E-state index in [-0.39, 0.29) is 21.2 Å². The second-order valence-electron chi connectivity index (χ2n) is 6.64. The number of halogens is 3. The van der Waals surface area contributed by atoms with Gasteiger partial charge >= 0.3 is 0 Å². The molecule has 0 aliphatic carbocycles. The molecular weight excluding hydrogens is 426 g/mol. The second kappa shape index (κ2) is 9.37. The van der Waals surface area contributed by atoms with E-state index in [1.807, 2.05) is 32.0 Å². The third-order valence-corrected chi connectivity index (χ3v) is 5.43. The smallest absolute Gasteiger partial charge is 0.141 e. The molecule has 30 heavy (non-hydrogen) atoms. The number of nitrogens with one attached hydrogen (secondary N) is 1. The summed E-state index contributed by atoms with van der Waals surface area (Å²) in [6, 6.07) is 10.9. The lowest BCUT2D eigenvalue weighted by molar-refractivity contribution is 0.394. The molecule has 0 aliphatic rings. The summed E-state index contributed by atoms with van der Waals surface area (Å²) in [6.07, 6.45) is 2.69. The summed E-state index contributed by atoms with van der Waals surface area (Å²) in [6.45, 7) is 4.03. The number of hydrogen-bond acceptors (Lipinski definition) is 4. The molecule has 0 saturated heterocycles. The molecule has 1 N–H and O–H groups in total. The standard InChI is InChI=1S/C23H21Cl2FN2O2/c1-13-6-5-7-14(2)23(13)28-20-9-8-15(12-27-20)17(26)10-16-21(24)18(29-3)11-19(30-4)22(16)25/h5-12H,1-4H3,(H,27,28)/b17-10-. The zero-order valence-corrected chi connectivity index (χ0v) is 18.5. The van der Waals surface area contributed by atoms with Crippen LogP contribution < -0.4 is 14.8 Å². The maximum absolute atomic E-state index is 14.9. The predicted octanol–water partition coefficient (Wildman–Crippen LogP) is 7.23. The molecule has 0 fully saturated rings. The number of pyridine rings is 1. The van der Waals surface area contributed by atoms with Crippen molar-refractivity contribution in [3.63, 3.8) is 0 Å². The van der Waals surface area contributed by atoms with Crippen molar-refractivity contribution in [2.75, 3.05) is 19.5 Å². The van der Waals surface area contributed by atoms with Crippen LogP contribution in [0.25, 0.3) is 11.9 Å². The molecule has 156 valence electrons. The van der Waals surface area contributed by atoms with Crippen molar-refractivity contribution in [3.05, 3.63) is 74.9 Å². The molecule has 0 bridgehead atoms. The number of para-hydroxylation sites is 1. The maximum atomic E-state index is 14.9. The number of benzene rings is 2. The maximum Gasteiger partial charge on any atom is 0.141 e. The molecular formula is C23H21Cl2FN2O2. The normalized spacial score (nSPS) is 11.4. The van der Waals surface area contributed by atoms with Crippen LogP contribution in [-0.2, 0) is 0 Å². The van der Waals surface area contributed by atoms with Gasteiger partial charge in [-0.2, -0.15) is 0 Å². The van der Waals surface area contributed by atoms with Crippen LogP contribution >= 0.6 is 23.2 Å². The highest BCUT2D eigenvalue weighted by Gasteiger charge is 2.17. The number of methoxy groups -OCH3 is 2. The Morgan fingerprint density at radius 3 is 2.10 bits per heavy atom. The van der Waals surface area contributed by atoms with E-state index in [4.69, 9.17) is 32.7 Å². The molecule has 0 amide bonds. The molecule has 0 aliphatic heterocycles. The van der Waals surface area contributed by atoms with E-state index in [1.165, 1.54) is 26.5 Å². The number of hydrogen-bond donors (Lipinski definition) is 1. The first-order chi connectivity index (χ1) is 14.3. The van der Waals surface area contributed by atoms with Gasteiger partial charge in [0.05, 0.1) is 24.3 Å². The summed E-state index contributed by atoms with van der Waals surface area (Å²) >= 11 is 12.6. The molecule has 0 atom stereocenters. The van der Waals surface area contributed by atoms with Crippen molar-refractivity contribution in [1.82, 2.24) is 4.98 Å². The van der Waals surface area contributed by atoms with Crippen molar-refractivity contribution >= 4 is 46.6 Å². The van der Waals surface area contributed by atoms with Gasteiger partial charge in [0.15, 0.2) is 0 Å². The van der Waals surface area contributed by atoms with Crippen LogP contribution in [0.5, 0.6) is 11.5 Å². The minimum Gasteiger partial charge on any atom is -0.495 e. The molecule has 0 radical (unpaired) electrons. The van der Waals surface area contributed by atoms with Gasteiger partial charge in [-0.1, -0.05) is 41.4 Å². The summed E-state index contributed by atoms with van der Waals surface area (Å²) in [5.74, 6) is 0.745. The Balaban J connectivity index is 1.91. The fraction of sp³-hybridized carbons (Fsp3) is 0.174. The van der Waals surface area contributed by atoms with Crippen LogP contribution in [0.2, 0.25) is 10.0 Å². The molecule has 3 rings (SSSR count). The SMILES string of the molecule is COc1cc(OC)c(Cl)c(/C=C(\F)c2ccc(Nc3c(C)cccc3C)nc2)c1Cl. The third-order valence-electron chi connectivity index (χ3n) is 4.65. The fourth-order valence-corrected chi connectivity index (χ4v) is 3.60. The number of ether oxygens (including phenoxy) is 2. The van der Waals surface area contributed by atoms with Gasteiger partial charge in [0.1, 0.15) is 23.1 Å². The van der Waals surface area contributed by atoms with Crippen molar-refractivity contribution in [2.45, 2.75) is 13.8 Å². The molecule has 3 aromatic rings. The first kappa shape index (κ1) is 21.9. The van der Waals surface area contributed by atoms with E-state index in [0.717, 1.165) is 16.8 Å². The average molecular weight is 447 g/mol. The summed E-state index contributed by atoms with van der Waals surface area (Å²) < 4.78 is 25.4. The molecule has 7 heteroatoms. The minimum absolute atomic E-state index is 0.194. The Kier molecular flexibility index (Phi) is 6.85. The summed E-state index contributed by atoms with van der Waals surface area (Å²) in [4.78, 5) is 4.32. The van der Waals surface area contributed by atoms with E-state index in [1.54, 1.807) is 18.2 Å². The van der Waals surface area contributed by atoms with E-state index in [0.29, 0.717) is 17.3 Å². The van der Waals surface area contributed by atoms with Crippen LogP contribution in [-0.4, -0.2) is 19.2 Å². The second-order valence-corrected chi connectivity index (χ2v) is 7.39. The molecule has 1 heterocycles. The number of anilines is 2. The van der Waals surface area contributed by atoms with Crippen molar-refractivity contribution < 1.29 is 13.9 Å². The van der Waals surface area contributed by atoms with Gasteiger partial charge in [-0.15, -0.1) is 0 Å². The van der Waals surface area contributed by atoms with Crippen LogP contribution in [0.4, 0.5) is 15.9 Å². The average Bonchev–Trinajstić information content (AvgIpc) is 2.74. The molecule has 1 aromatic heterocycles.